The van der Waals surface area contributed by atoms with Gasteiger partial charge in [0.25, 0.3) is 11.5 Å². The molecule has 3 aromatic rings. The Morgan fingerprint density at radius 2 is 1.91 bits per heavy atom. The topological polar surface area (TPSA) is 76.0 Å². The number of aromatic nitrogens is 2. The Bertz CT molecular complexity index is 1280. The molecular formula is C27H32N4O2. The first-order chi connectivity index (χ1) is 15.5. The first-order valence-corrected chi connectivity index (χ1v) is 11.4. The lowest BCUT2D eigenvalue weighted by atomic mass is 9.91. The molecule has 0 bridgehead atoms. The fourth-order valence-corrected chi connectivity index (χ4v) is 4.27. The van der Waals surface area contributed by atoms with Gasteiger partial charge in [-0.05, 0) is 60.9 Å². The summed E-state index contributed by atoms with van der Waals surface area (Å²) in [6.07, 6.45) is 2.50. The molecule has 1 aliphatic rings. The van der Waals surface area contributed by atoms with Gasteiger partial charge in [-0.25, -0.2) is 0 Å². The standard InChI is InChI=1S/C27H32N4O2/c1-16-7-8-20(30-25(32)18-9-10-28-24(13-18)27(3,4)5)14-21(16)22-12-19-15-29-17(2)11-23(19)31(6)26(22)33/h7-10,12-14,17,29H,11,15H2,1-6H3,(H,30,32). The van der Waals surface area contributed by atoms with E-state index in [1.165, 1.54) is 0 Å². The number of hydrogen-bond acceptors (Lipinski definition) is 4. The Kier molecular flexibility index (Phi) is 5.97. The van der Waals surface area contributed by atoms with Crippen molar-refractivity contribution in [3.8, 4) is 11.1 Å². The lowest BCUT2D eigenvalue weighted by molar-refractivity contribution is 0.102. The zero-order valence-electron chi connectivity index (χ0n) is 20.2. The second kappa shape index (κ2) is 8.60. The molecule has 0 saturated carbocycles. The molecule has 0 fully saturated rings. The molecule has 6 heteroatoms. The molecule has 2 aromatic heterocycles. The van der Waals surface area contributed by atoms with Crippen molar-refractivity contribution < 1.29 is 4.79 Å². The number of fused-ring (bicyclic) bond motifs is 1. The van der Waals surface area contributed by atoms with Crippen molar-refractivity contribution in [3.63, 3.8) is 0 Å². The monoisotopic (exact) mass is 444 g/mol. The molecule has 172 valence electrons. The number of carbonyl (C=O) groups excluding carboxylic acids is 1. The molecule has 0 aliphatic carbocycles. The van der Waals surface area contributed by atoms with Crippen LogP contribution in [0.5, 0.6) is 0 Å². The summed E-state index contributed by atoms with van der Waals surface area (Å²) in [6.45, 7) is 11.1. The zero-order chi connectivity index (χ0) is 23.9. The molecule has 3 heterocycles. The van der Waals surface area contributed by atoms with Gasteiger partial charge in [-0.15, -0.1) is 0 Å². The van der Waals surface area contributed by atoms with Crippen LogP contribution in [0.3, 0.4) is 0 Å². The molecule has 6 nitrogen and oxygen atoms in total. The van der Waals surface area contributed by atoms with Gasteiger partial charge in [0.1, 0.15) is 0 Å². The molecule has 1 atom stereocenters. The van der Waals surface area contributed by atoms with E-state index in [0.717, 1.165) is 41.0 Å². The van der Waals surface area contributed by atoms with E-state index >= 15 is 0 Å². The fourth-order valence-electron chi connectivity index (χ4n) is 4.27. The average molecular weight is 445 g/mol. The normalized spacial score (nSPS) is 15.8. The van der Waals surface area contributed by atoms with Gasteiger partial charge in [0.15, 0.2) is 0 Å². The molecule has 1 aromatic carbocycles. The number of aryl methyl sites for hydroxylation is 1. The Labute approximate surface area is 195 Å². The Morgan fingerprint density at radius 3 is 2.64 bits per heavy atom. The van der Waals surface area contributed by atoms with Crippen LogP contribution in [0.25, 0.3) is 11.1 Å². The van der Waals surface area contributed by atoms with Gasteiger partial charge < -0.3 is 15.2 Å². The first-order valence-electron chi connectivity index (χ1n) is 11.4. The summed E-state index contributed by atoms with van der Waals surface area (Å²) in [6, 6.07) is 11.6. The van der Waals surface area contributed by atoms with Crippen LogP contribution in [-0.4, -0.2) is 21.5 Å². The molecular weight excluding hydrogens is 412 g/mol. The van der Waals surface area contributed by atoms with Crippen molar-refractivity contribution in [2.45, 2.75) is 59.0 Å². The maximum atomic E-state index is 13.2. The molecule has 4 rings (SSSR count). The van der Waals surface area contributed by atoms with Crippen LogP contribution in [0, 0.1) is 6.92 Å². The minimum Gasteiger partial charge on any atom is -0.322 e. The van der Waals surface area contributed by atoms with Gasteiger partial charge in [0, 0.05) is 65.9 Å². The average Bonchev–Trinajstić information content (AvgIpc) is 2.77. The van der Waals surface area contributed by atoms with Gasteiger partial charge in [-0.2, -0.15) is 0 Å². The van der Waals surface area contributed by atoms with E-state index in [1.54, 1.807) is 16.8 Å². The van der Waals surface area contributed by atoms with Crippen LogP contribution in [0.1, 0.15) is 60.6 Å². The molecule has 0 saturated heterocycles. The van der Waals surface area contributed by atoms with Crippen LogP contribution >= 0.6 is 0 Å². The summed E-state index contributed by atoms with van der Waals surface area (Å²) in [7, 11) is 1.85. The molecule has 1 aliphatic heterocycles. The van der Waals surface area contributed by atoms with Crippen molar-refractivity contribution in [1.29, 1.82) is 0 Å². The maximum absolute atomic E-state index is 13.2. The summed E-state index contributed by atoms with van der Waals surface area (Å²) in [5, 5.41) is 6.46. The number of rotatable bonds is 3. The number of hydrogen-bond donors (Lipinski definition) is 2. The van der Waals surface area contributed by atoms with E-state index in [0.29, 0.717) is 22.9 Å². The summed E-state index contributed by atoms with van der Waals surface area (Å²) in [4.78, 5) is 30.6. The smallest absolute Gasteiger partial charge is 0.258 e. The zero-order valence-corrected chi connectivity index (χ0v) is 20.2. The number of nitrogens with zero attached hydrogens (tertiary/aromatic N) is 2. The predicted octanol–water partition coefficient (Wildman–Crippen LogP) is 4.34. The minimum absolute atomic E-state index is 0.0154. The maximum Gasteiger partial charge on any atom is 0.258 e. The number of anilines is 1. The van der Waals surface area contributed by atoms with Crippen molar-refractivity contribution in [1.82, 2.24) is 14.9 Å². The van der Waals surface area contributed by atoms with Crippen molar-refractivity contribution in [2.75, 3.05) is 5.32 Å². The van der Waals surface area contributed by atoms with Crippen LogP contribution in [-0.2, 0) is 25.4 Å². The van der Waals surface area contributed by atoms with Crippen LogP contribution < -0.4 is 16.2 Å². The Morgan fingerprint density at radius 1 is 1.15 bits per heavy atom. The number of nitrogens with one attached hydrogen (secondary N) is 2. The molecule has 2 N–H and O–H groups in total. The van der Waals surface area contributed by atoms with Crippen LogP contribution in [0.15, 0.2) is 47.4 Å². The molecule has 33 heavy (non-hydrogen) atoms. The Hall–Kier alpha value is -3.25. The fraction of sp³-hybridized carbons (Fsp3) is 0.370. The van der Waals surface area contributed by atoms with Gasteiger partial charge in [0.05, 0.1) is 0 Å². The van der Waals surface area contributed by atoms with Gasteiger partial charge in [-0.3, -0.25) is 14.6 Å². The third-order valence-corrected chi connectivity index (χ3v) is 6.35. The number of carbonyl (C=O) groups is 1. The van der Waals surface area contributed by atoms with E-state index in [-0.39, 0.29) is 16.9 Å². The van der Waals surface area contributed by atoms with E-state index in [9.17, 15) is 9.59 Å². The quantitative estimate of drug-likeness (QED) is 0.630. The van der Waals surface area contributed by atoms with Crippen molar-refractivity contribution >= 4 is 11.6 Å². The van der Waals surface area contributed by atoms with E-state index in [1.807, 2.05) is 44.3 Å². The van der Waals surface area contributed by atoms with Gasteiger partial charge in [-0.1, -0.05) is 26.8 Å². The number of amides is 1. The summed E-state index contributed by atoms with van der Waals surface area (Å²) >= 11 is 0. The highest BCUT2D eigenvalue weighted by Crippen LogP contribution is 2.28. The Balaban J connectivity index is 1.68. The minimum atomic E-state index is -0.200. The predicted molar refractivity (Wildman–Crippen MR) is 133 cm³/mol. The summed E-state index contributed by atoms with van der Waals surface area (Å²) in [5.74, 6) is -0.200. The summed E-state index contributed by atoms with van der Waals surface area (Å²) < 4.78 is 1.78. The lowest BCUT2D eigenvalue weighted by Gasteiger charge is -2.26. The molecule has 0 radical (unpaired) electrons. The highest BCUT2D eigenvalue weighted by atomic mass is 16.1. The van der Waals surface area contributed by atoms with Crippen molar-refractivity contribution in [2.24, 2.45) is 7.05 Å². The number of pyridine rings is 2. The third kappa shape index (κ3) is 4.62. The van der Waals surface area contributed by atoms with Crippen LogP contribution in [0.4, 0.5) is 5.69 Å². The number of benzene rings is 1. The molecule has 1 amide bonds. The molecule has 1 unspecified atom stereocenters. The van der Waals surface area contributed by atoms with Gasteiger partial charge in [0.2, 0.25) is 0 Å². The lowest BCUT2D eigenvalue weighted by Crippen LogP contribution is -2.37. The van der Waals surface area contributed by atoms with Crippen molar-refractivity contribution in [3.05, 3.63) is 81.0 Å². The summed E-state index contributed by atoms with van der Waals surface area (Å²) in [5.41, 5.74) is 6.62. The van der Waals surface area contributed by atoms with Gasteiger partial charge >= 0.3 is 0 Å². The van der Waals surface area contributed by atoms with E-state index in [4.69, 9.17) is 0 Å². The highest BCUT2D eigenvalue weighted by molar-refractivity contribution is 6.04. The first kappa shape index (κ1) is 22.9. The highest BCUT2D eigenvalue weighted by Gasteiger charge is 2.21. The second-order valence-corrected chi connectivity index (χ2v) is 10.0. The van der Waals surface area contributed by atoms with Crippen LogP contribution in [0.2, 0.25) is 0 Å². The molecule has 0 spiro atoms. The third-order valence-electron chi connectivity index (χ3n) is 6.35. The second-order valence-electron chi connectivity index (χ2n) is 10.0. The largest absolute Gasteiger partial charge is 0.322 e. The SMILES string of the molecule is Cc1ccc(NC(=O)c2ccnc(C(C)(C)C)c2)cc1-c1cc2c(n(C)c1=O)CC(C)NC2. The van der Waals surface area contributed by atoms with E-state index < -0.39 is 0 Å². The van der Waals surface area contributed by atoms with E-state index in [2.05, 4.69) is 43.3 Å².